The quantitative estimate of drug-likeness (QED) is 0.434. The van der Waals surface area contributed by atoms with Crippen molar-refractivity contribution in [1.29, 1.82) is 5.41 Å². The van der Waals surface area contributed by atoms with Crippen molar-refractivity contribution in [2.24, 2.45) is 0 Å². The zero-order chi connectivity index (χ0) is 19.8. The second kappa shape index (κ2) is 9.54. The maximum absolute atomic E-state index is 12.4. The fraction of sp³-hybridized carbons (Fsp3) is 0.316. The SMILES string of the molecule is COCC[C@@H](NC(=O)Nc1cc(N)c(C(=N)OC)c(C)n1)c1ccccc1.[HH].[HH].[HH]. The van der Waals surface area contributed by atoms with Crippen molar-refractivity contribution in [2.45, 2.75) is 19.4 Å². The van der Waals surface area contributed by atoms with Crippen LogP contribution in [0.15, 0.2) is 36.4 Å². The average Bonchev–Trinajstić information content (AvgIpc) is 2.65. The molecule has 0 bridgehead atoms. The normalized spacial score (nSPS) is 11.5. The Kier molecular flexibility index (Phi) is 7.13. The standard InChI is InChI=1S/C19H25N5O3.3H2/c1-12-17(18(21)27-3)14(20)11-16(22-12)24-19(25)23-15(9-10-26-2)13-7-5-4-6-8-13;;;/h4-8,11,15,21H,9-10H2,1-3H3,(H4,20,22,23,24,25);3*1H/t15-;;;/m1.../s1. The van der Waals surface area contributed by atoms with Gasteiger partial charge in [-0.25, -0.2) is 9.78 Å². The zero-order valence-corrected chi connectivity index (χ0v) is 15.7. The summed E-state index contributed by atoms with van der Waals surface area (Å²) < 4.78 is 10.0. The molecule has 1 heterocycles. The minimum absolute atomic E-state index is 0. The van der Waals surface area contributed by atoms with E-state index in [1.807, 2.05) is 30.3 Å². The number of rotatable bonds is 7. The molecule has 0 aliphatic carbocycles. The number of anilines is 2. The van der Waals surface area contributed by atoms with Crippen LogP contribution in [0.5, 0.6) is 0 Å². The summed E-state index contributed by atoms with van der Waals surface area (Å²) in [6, 6.07) is 10.6. The molecule has 1 atom stereocenters. The second-order valence-corrected chi connectivity index (χ2v) is 5.93. The predicted octanol–water partition coefficient (Wildman–Crippen LogP) is 3.58. The molecule has 0 radical (unpaired) electrons. The molecule has 27 heavy (non-hydrogen) atoms. The Morgan fingerprint density at radius 3 is 2.63 bits per heavy atom. The minimum atomic E-state index is -0.402. The van der Waals surface area contributed by atoms with Crippen LogP contribution in [0.4, 0.5) is 16.3 Å². The highest BCUT2D eigenvalue weighted by molar-refractivity contribution is 5.99. The third-order valence-electron chi connectivity index (χ3n) is 4.02. The second-order valence-electron chi connectivity index (χ2n) is 5.93. The Morgan fingerprint density at radius 1 is 1.33 bits per heavy atom. The number of hydrogen-bond donors (Lipinski definition) is 4. The molecule has 0 spiro atoms. The highest BCUT2D eigenvalue weighted by Crippen LogP contribution is 2.21. The van der Waals surface area contributed by atoms with Crippen molar-refractivity contribution in [1.82, 2.24) is 10.3 Å². The van der Waals surface area contributed by atoms with E-state index in [9.17, 15) is 4.79 Å². The van der Waals surface area contributed by atoms with E-state index in [4.69, 9.17) is 20.6 Å². The van der Waals surface area contributed by atoms with Crippen LogP contribution in [0.25, 0.3) is 0 Å². The topological polar surface area (TPSA) is 122 Å². The molecule has 0 aliphatic heterocycles. The van der Waals surface area contributed by atoms with Gasteiger partial charge in [-0.1, -0.05) is 30.3 Å². The molecular weight excluding hydrogens is 346 g/mol. The first-order valence-electron chi connectivity index (χ1n) is 8.47. The van der Waals surface area contributed by atoms with Gasteiger partial charge in [0, 0.05) is 29.8 Å². The monoisotopic (exact) mass is 377 g/mol. The number of ether oxygens (including phenoxy) is 2. The van der Waals surface area contributed by atoms with Gasteiger partial charge in [0.1, 0.15) is 5.82 Å². The number of amides is 2. The zero-order valence-electron chi connectivity index (χ0n) is 15.7. The van der Waals surface area contributed by atoms with E-state index in [0.29, 0.717) is 35.8 Å². The van der Waals surface area contributed by atoms with Crippen LogP contribution in [-0.4, -0.2) is 37.7 Å². The summed E-state index contributed by atoms with van der Waals surface area (Å²) in [4.78, 5) is 16.7. The van der Waals surface area contributed by atoms with Crippen LogP contribution < -0.4 is 16.4 Å². The average molecular weight is 377 g/mol. The first-order valence-corrected chi connectivity index (χ1v) is 8.47. The van der Waals surface area contributed by atoms with Crippen LogP contribution in [-0.2, 0) is 9.47 Å². The van der Waals surface area contributed by atoms with Gasteiger partial charge in [0.05, 0.1) is 24.4 Å². The van der Waals surface area contributed by atoms with Gasteiger partial charge in [0.15, 0.2) is 0 Å². The Morgan fingerprint density at radius 2 is 2.04 bits per heavy atom. The number of nitrogens with zero attached hydrogens (tertiary/aromatic N) is 1. The van der Waals surface area contributed by atoms with E-state index >= 15 is 0 Å². The molecule has 2 rings (SSSR count). The summed E-state index contributed by atoms with van der Waals surface area (Å²) in [5, 5.41) is 13.4. The Balaban J connectivity index is 0. The summed E-state index contributed by atoms with van der Waals surface area (Å²) in [6.07, 6.45) is 0.631. The lowest BCUT2D eigenvalue weighted by Crippen LogP contribution is -2.33. The minimum Gasteiger partial charge on any atom is -0.481 e. The number of aryl methyl sites for hydroxylation is 1. The van der Waals surface area contributed by atoms with Crippen molar-refractivity contribution in [3.8, 4) is 0 Å². The largest absolute Gasteiger partial charge is 0.481 e. The van der Waals surface area contributed by atoms with Gasteiger partial charge in [0.2, 0.25) is 5.90 Å². The molecule has 0 saturated carbocycles. The molecule has 0 unspecified atom stereocenters. The van der Waals surface area contributed by atoms with Crippen LogP contribution in [0.2, 0.25) is 0 Å². The fourth-order valence-electron chi connectivity index (χ4n) is 2.71. The number of nitrogens with two attached hydrogens (primary N) is 1. The Bertz CT molecular complexity index is 786. The van der Waals surface area contributed by atoms with Crippen LogP contribution in [0.1, 0.15) is 33.6 Å². The molecular formula is C19H31N5O3. The van der Waals surface area contributed by atoms with Gasteiger partial charge in [0.25, 0.3) is 0 Å². The Hall–Kier alpha value is -3.13. The number of aromatic nitrogens is 1. The van der Waals surface area contributed by atoms with Gasteiger partial charge in [-0.2, -0.15) is 0 Å². The van der Waals surface area contributed by atoms with E-state index in [2.05, 4.69) is 15.6 Å². The number of urea groups is 1. The number of nitrogens with one attached hydrogen (secondary N) is 3. The molecule has 0 fully saturated rings. The summed E-state index contributed by atoms with van der Waals surface area (Å²) in [5.41, 5.74) is 8.18. The van der Waals surface area contributed by atoms with Gasteiger partial charge >= 0.3 is 6.03 Å². The van der Waals surface area contributed by atoms with E-state index < -0.39 is 6.03 Å². The Labute approximate surface area is 163 Å². The van der Waals surface area contributed by atoms with E-state index in [0.717, 1.165) is 5.56 Å². The molecule has 150 valence electrons. The van der Waals surface area contributed by atoms with Crippen molar-refractivity contribution >= 4 is 23.4 Å². The first-order chi connectivity index (χ1) is 13.0. The predicted molar refractivity (Wildman–Crippen MR) is 111 cm³/mol. The molecule has 8 heteroatoms. The molecule has 8 nitrogen and oxygen atoms in total. The first kappa shape index (κ1) is 20.2. The molecule has 2 aromatic rings. The lowest BCUT2D eigenvalue weighted by molar-refractivity contribution is 0.183. The third kappa shape index (κ3) is 5.42. The number of nitrogen functional groups attached to an aromatic ring is 1. The number of benzene rings is 1. The molecule has 1 aromatic carbocycles. The molecule has 0 saturated heterocycles. The number of methoxy groups -OCH3 is 2. The van der Waals surface area contributed by atoms with Crippen LogP contribution >= 0.6 is 0 Å². The number of pyridine rings is 1. The lowest BCUT2D eigenvalue weighted by Gasteiger charge is -2.19. The van der Waals surface area contributed by atoms with Crippen molar-refractivity contribution in [3.05, 3.63) is 53.2 Å². The van der Waals surface area contributed by atoms with E-state index in [1.54, 1.807) is 14.0 Å². The summed E-state index contributed by atoms with van der Waals surface area (Å²) in [6.45, 7) is 2.21. The number of hydrogen-bond acceptors (Lipinski definition) is 6. The smallest absolute Gasteiger partial charge is 0.320 e. The molecule has 2 amide bonds. The highest BCUT2D eigenvalue weighted by atomic mass is 16.5. The number of carbonyl (C=O) groups excluding carboxylic acids is 1. The molecule has 5 N–H and O–H groups in total. The van der Waals surface area contributed by atoms with Crippen molar-refractivity contribution < 1.29 is 18.5 Å². The van der Waals surface area contributed by atoms with Gasteiger partial charge in [-0.15, -0.1) is 0 Å². The molecule has 1 aromatic heterocycles. The van der Waals surface area contributed by atoms with Crippen LogP contribution in [0, 0.1) is 12.3 Å². The highest BCUT2D eigenvalue weighted by Gasteiger charge is 2.17. The lowest BCUT2D eigenvalue weighted by atomic mass is 10.0. The maximum atomic E-state index is 12.4. The van der Waals surface area contributed by atoms with Crippen molar-refractivity contribution in [2.75, 3.05) is 31.9 Å². The van der Waals surface area contributed by atoms with E-state index in [-0.39, 0.29) is 16.2 Å². The van der Waals surface area contributed by atoms with Gasteiger partial charge in [-0.3, -0.25) is 10.7 Å². The van der Waals surface area contributed by atoms with E-state index in [1.165, 1.54) is 13.2 Å². The summed E-state index contributed by atoms with van der Waals surface area (Å²) >= 11 is 0. The van der Waals surface area contributed by atoms with Crippen molar-refractivity contribution in [3.63, 3.8) is 0 Å². The fourth-order valence-corrected chi connectivity index (χ4v) is 2.71. The molecule has 0 aliphatic rings. The third-order valence-corrected chi connectivity index (χ3v) is 4.02. The summed E-state index contributed by atoms with van der Waals surface area (Å²) in [5.74, 6) is 0.228. The maximum Gasteiger partial charge on any atom is 0.320 e. The van der Waals surface area contributed by atoms with Gasteiger partial charge < -0.3 is 20.5 Å². The summed E-state index contributed by atoms with van der Waals surface area (Å²) in [7, 11) is 3.02. The van der Waals surface area contributed by atoms with Gasteiger partial charge in [-0.05, 0) is 18.9 Å². The number of carbonyl (C=O) groups is 1. The van der Waals surface area contributed by atoms with Crippen LogP contribution in [0.3, 0.4) is 0 Å².